The highest BCUT2D eigenvalue weighted by atomic mass is 35.5. The molecule has 0 radical (unpaired) electrons. The van der Waals surface area contributed by atoms with Crippen LogP contribution in [0.3, 0.4) is 0 Å². The van der Waals surface area contributed by atoms with Crippen LogP contribution in [0.4, 0.5) is 18.9 Å². The quantitative estimate of drug-likeness (QED) is 0.721. The van der Waals surface area contributed by atoms with E-state index < -0.39 is 27.7 Å². The molecule has 0 saturated heterocycles. The molecule has 0 aliphatic carbocycles. The van der Waals surface area contributed by atoms with Gasteiger partial charge >= 0.3 is 6.18 Å². The minimum absolute atomic E-state index is 0.0105. The lowest BCUT2D eigenvalue weighted by Gasteiger charge is -2.14. The van der Waals surface area contributed by atoms with E-state index in [9.17, 15) is 26.4 Å². The summed E-state index contributed by atoms with van der Waals surface area (Å²) in [4.78, 5) is 12.3. The van der Waals surface area contributed by atoms with Crippen molar-refractivity contribution in [3.63, 3.8) is 0 Å². The average Bonchev–Trinajstić information content (AvgIpc) is 2.54. The maximum atomic E-state index is 13.0. The fourth-order valence-corrected chi connectivity index (χ4v) is 3.91. The standard InChI is InChI=1S/C18H18ClF3N2O3S/c1-10(2)24-28(26,27)13-6-7-16(19)14(9-13)17(25)23-12-5-4-11(3)15(8-12)18(20,21)22/h4-10,24H,1-3H3,(H,23,25). The van der Waals surface area contributed by atoms with E-state index in [-0.39, 0.29) is 32.8 Å². The molecule has 0 aliphatic rings. The normalized spacial score (nSPS) is 12.3. The van der Waals surface area contributed by atoms with Gasteiger partial charge in [-0.15, -0.1) is 0 Å². The monoisotopic (exact) mass is 434 g/mol. The lowest BCUT2D eigenvalue weighted by Crippen LogP contribution is -2.30. The SMILES string of the molecule is Cc1ccc(NC(=O)c2cc(S(=O)(=O)NC(C)C)ccc2Cl)cc1C(F)(F)F. The maximum absolute atomic E-state index is 13.0. The Labute approximate surface area is 166 Å². The highest BCUT2D eigenvalue weighted by Crippen LogP contribution is 2.33. The number of sulfonamides is 1. The van der Waals surface area contributed by atoms with E-state index in [0.29, 0.717) is 0 Å². The molecule has 0 atom stereocenters. The first-order valence-corrected chi connectivity index (χ1v) is 9.98. The van der Waals surface area contributed by atoms with Gasteiger partial charge in [0, 0.05) is 11.7 Å². The van der Waals surface area contributed by atoms with Crippen LogP contribution in [-0.4, -0.2) is 20.4 Å². The molecular weight excluding hydrogens is 417 g/mol. The minimum atomic E-state index is -4.57. The Kier molecular flexibility index (Phi) is 6.42. The van der Waals surface area contributed by atoms with Gasteiger partial charge in [-0.3, -0.25) is 4.79 Å². The van der Waals surface area contributed by atoms with E-state index in [0.717, 1.165) is 12.1 Å². The zero-order chi connectivity index (χ0) is 21.3. The number of alkyl halides is 3. The van der Waals surface area contributed by atoms with Crippen LogP contribution in [0.15, 0.2) is 41.3 Å². The zero-order valence-electron chi connectivity index (χ0n) is 15.2. The molecule has 0 unspecified atom stereocenters. The summed E-state index contributed by atoms with van der Waals surface area (Å²) in [5.74, 6) is -0.830. The van der Waals surface area contributed by atoms with Crippen LogP contribution in [0.25, 0.3) is 0 Å². The maximum Gasteiger partial charge on any atom is 0.416 e. The van der Waals surface area contributed by atoms with Gasteiger partial charge in [0.25, 0.3) is 5.91 Å². The second-order valence-corrected chi connectivity index (χ2v) is 8.52. The number of hydrogen-bond acceptors (Lipinski definition) is 3. The van der Waals surface area contributed by atoms with Gasteiger partial charge < -0.3 is 5.32 Å². The molecule has 0 spiro atoms. The molecule has 5 nitrogen and oxygen atoms in total. The van der Waals surface area contributed by atoms with Crippen LogP contribution in [-0.2, 0) is 16.2 Å². The van der Waals surface area contributed by atoms with Crippen LogP contribution >= 0.6 is 11.6 Å². The van der Waals surface area contributed by atoms with Gasteiger partial charge in [-0.25, -0.2) is 13.1 Å². The van der Waals surface area contributed by atoms with Gasteiger partial charge in [-0.1, -0.05) is 17.7 Å². The number of aryl methyl sites for hydroxylation is 1. The fourth-order valence-electron chi connectivity index (χ4n) is 2.43. The first-order valence-electron chi connectivity index (χ1n) is 8.12. The third-order valence-electron chi connectivity index (χ3n) is 3.68. The van der Waals surface area contributed by atoms with Crippen molar-refractivity contribution >= 4 is 33.2 Å². The van der Waals surface area contributed by atoms with Crippen molar-refractivity contribution < 1.29 is 26.4 Å². The second kappa shape index (κ2) is 8.10. The van der Waals surface area contributed by atoms with Crippen LogP contribution in [0.1, 0.15) is 35.3 Å². The molecule has 2 rings (SSSR count). The summed E-state index contributed by atoms with van der Waals surface area (Å²) in [6.45, 7) is 4.58. The summed E-state index contributed by atoms with van der Waals surface area (Å²) < 4.78 is 66.0. The summed E-state index contributed by atoms with van der Waals surface area (Å²) in [6.07, 6.45) is -4.57. The molecule has 0 saturated carbocycles. The lowest BCUT2D eigenvalue weighted by molar-refractivity contribution is -0.138. The lowest BCUT2D eigenvalue weighted by atomic mass is 10.1. The number of amides is 1. The van der Waals surface area contributed by atoms with Crippen molar-refractivity contribution in [2.75, 3.05) is 5.32 Å². The first kappa shape index (κ1) is 22.2. The fraction of sp³-hybridized carbons (Fsp3) is 0.278. The number of anilines is 1. The Hall–Kier alpha value is -2.10. The molecule has 0 fully saturated rings. The zero-order valence-corrected chi connectivity index (χ0v) is 16.8. The molecular formula is C18H18ClF3N2O3S. The minimum Gasteiger partial charge on any atom is -0.322 e. The van der Waals surface area contributed by atoms with E-state index in [2.05, 4.69) is 10.0 Å². The summed E-state index contributed by atoms with van der Waals surface area (Å²) in [6, 6.07) is 6.53. The number of carbonyl (C=O) groups is 1. The van der Waals surface area contributed by atoms with Crippen molar-refractivity contribution in [2.24, 2.45) is 0 Å². The summed E-state index contributed by atoms with van der Waals surface area (Å²) in [5, 5.41) is 2.28. The summed E-state index contributed by atoms with van der Waals surface area (Å²) in [5.41, 5.74) is -1.14. The Morgan fingerprint density at radius 2 is 1.75 bits per heavy atom. The molecule has 2 aromatic rings. The Morgan fingerprint density at radius 1 is 1.11 bits per heavy atom. The number of hydrogen-bond donors (Lipinski definition) is 2. The van der Waals surface area contributed by atoms with Gasteiger partial charge in [-0.2, -0.15) is 13.2 Å². The number of benzene rings is 2. The van der Waals surface area contributed by atoms with Crippen molar-refractivity contribution in [3.8, 4) is 0 Å². The second-order valence-electron chi connectivity index (χ2n) is 6.40. The number of rotatable bonds is 5. The third kappa shape index (κ3) is 5.24. The molecule has 1 amide bonds. The van der Waals surface area contributed by atoms with Crippen LogP contribution in [0, 0.1) is 6.92 Å². The average molecular weight is 435 g/mol. The van der Waals surface area contributed by atoms with E-state index in [1.165, 1.54) is 31.2 Å². The van der Waals surface area contributed by atoms with Crippen LogP contribution in [0.5, 0.6) is 0 Å². The smallest absolute Gasteiger partial charge is 0.322 e. The number of halogens is 4. The molecule has 0 bridgehead atoms. The van der Waals surface area contributed by atoms with Crippen molar-refractivity contribution in [1.82, 2.24) is 4.72 Å². The van der Waals surface area contributed by atoms with E-state index >= 15 is 0 Å². The first-order chi connectivity index (χ1) is 12.8. The molecule has 0 heterocycles. The molecule has 0 aliphatic heterocycles. The molecule has 2 N–H and O–H groups in total. The largest absolute Gasteiger partial charge is 0.416 e. The van der Waals surface area contributed by atoms with Gasteiger partial charge in [0.1, 0.15) is 0 Å². The van der Waals surface area contributed by atoms with Crippen LogP contribution < -0.4 is 10.0 Å². The van der Waals surface area contributed by atoms with Gasteiger partial charge in [0.15, 0.2) is 0 Å². The molecule has 28 heavy (non-hydrogen) atoms. The van der Waals surface area contributed by atoms with E-state index in [1.807, 2.05) is 0 Å². The third-order valence-corrected chi connectivity index (χ3v) is 5.67. The van der Waals surface area contributed by atoms with Gasteiger partial charge in [-0.05, 0) is 56.7 Å². The predicted molar refractivity (Wildman–Crippen MR) is 101 cm³/mol. The van der Waals surface area contributed by atoms with E-state index in [4.69, 9.17) is 11.6 Å². The molecule has 0 aromatic heterocycles. The summed E-state index contributed by atoms with van der Waals surface area (Å²) in [7, 11) is -3.87. The van der Waals surface area contributed by atoms with Gasteiger partial charge in [0.2, 0.25) is 10.0 Å². The topological polar surface area (TPSA) is 75.3 Å². The molecule has 2 aromatic carbocycles. The Balaban J connectivity index is 2.37. The molecule has 10 heteroatoms. The van der Waals surface area contributed by atoms with Crippen molar-refractivity contribution in [2.45, 2.75) is 37.9 Å². The van der Waals surface area contributed by atoms with Gasteiger partial charge in [0.05, 0.1) is 21.0 Å². The highest BCUT2D eigenvalue weighted by Gasteiger charge is 2.32. The molecule has 152 valence electrons. The number of carbonyl (C=O) groups excluding carboxylic acids is 1. The Morgan fingerprint density at radius 3 is 2.32 bits per heavy atom. The van der Waals surface area contributed by atoms with Crippen LogP contribution in [0.2, 0.25) is 5.02 Å². The van der Waals surface area contributed by atoms with E-state index in [1.54, 1.807) is 13.8 Å². The highest BCUT2D eigenvalue weighted by molar-refractivity contribution is 7.89. The van der Waals surface area contributed by atoms with Crippen molar-refractivity contribution in [3.05, 3.63) is 58.1 Å². The Bertz CT molecular complexity index is 1010. The predicted octanol–water partition coefficient (Wildman–Crippen LogP) is 4.61. The van der Waals surface area contributed by atoms with Crippen molar-refractivity contribution in [1.29, 1.82) is 0 Å². The number of nitrogens with one attached hydrogen (secondary N) is 2. The summed E-state index contributed by atoms with van der Waals surface area (Å²) >= 11 is 5.99.